The molecule has 29 heavy (non-hydrogen) atoms. The molecular weight excluding hydrogens is 401 g/mol. The van der Waals surface area contributed by atoms with Crippen molar-refractivity contribution in [2.24, 2.45) is 17.1 Å². The van der Waals surface area contributed by atoms with Crippen molar-refractivity contribution in [2.45, 2.75) is 42.8 Å². The molecule has 3 heterocycles. The number of nitrogens with zero attached hydrogens (tertiary/aromatic N) is 4. The molecule has 0 bridgehead atoms. The Morgan fingerprint density at radius 1 is 1.28 bits per heavy atom. The number of aromatic nitrogens is 3. The van der Waals surface area contributed by atoms with Crippen LogP contribution in [0.5, 0.6) is 0 Å². The minimum Gasteiger partial charge on any atom is -0.381 e. The normalized spacial score (nSPS) is 17.9. The fraction of sp³-hybridized carbons (Fsp3) is 0.526. The van der Waals surface area contributed by atoms with Crippen molar-refractivity contribution in [1.82, 2.24) is 15.0 Å². The molecule has 1 saturated heterocycles. The van der Waals surface area contributed by atoms with Crippen LogP contribution >= 0.6 is 11.8 Å². The Bertz CT molecular complexity index is 852. The Morgan fingerprint density at radius 2 is 1.97 bits per heavy atom. The zero-order chi connectivity index (χ0) is 21.2. The Kier molecular flexibility index (Phi) is 6.23. The van der Waals surface area contributed by atoms with Gasteiger partial charge in [-0.2, -0.15) is 13.2 Å². The van der Waals surface area contributed by atoms with Crippen LogP contribution < -0.4 is 16.4 Å². The molecule has 0 saturated carbocycles. The number of piperidine rings is 1. The molecular formula is C19H25F3N6S. The first-order valence-electron chi connectivity index (χ1n) is 9.41. The smallest absolute Gasteiger partial charge is 0.381 e. The predicted octanol–water partition coefficient (Wildman–Crippen LogP) is 3.83. The maximum atomic E-state index is 13.1. The minimum absolute atomic E-state index is 0.0572. The van der Waals surface area contributed by atoms with E-state index < -0.39 is 11.9 Å². The summed E-state index contributed by atoms with van der Waals surface area (Å²) in [6.07, 6.45) is 0.0903. The van der Waals surface area contributed by atoms with Gasteiger partial charge in [0.1, 0.15) is 10.8 Å². The van der Waals surface area contributed by atoms with Crippen molar-refractivity contribution in [3.63, 3.8) is 0 Å². The van der Waals surface area contributed by atoms with Crippen molar-refractivity contribution >= 4 is 23.4 Å². The van der Waals surface area contributed by atoms with Crippen LogP contribution in [0.3, 0.4) is 0 Å². The highest BCUT2D eigenvalue weighted by Gasteiger charge is 2.36. The topological polar surface area (TPSA) is 94.0 Å². The Morgan fingerprint density at radius 3 is 2.55 bits per heavy atom. The average molecular weight is 427 g/mol. The lowest BCUT2D eigenvalue weighted by Crippen LogP contribution is -2.43. The molecule has 1 fully saturated rings. The minimum atomic E-state index is -4.55. The molecule has 0 radical (unpaired) electrons. The number of rotatable bonds is 5. The third-order valence-electron chi connectivity index (χ3n) is 5.77. The largest absolute Gasteiger partial charge is 0.434 e. The summed E-state index contributed by atoms with van der Waals surface area (Å²) >= 11 is 0.816. The van der Waals surface area contributed by atoms with Gasteiger partial charge in [-0.05, 0) is 42.9 Å². The van der Waals surface area contributed by atoms with Gasteiger partial charge in [-0.25, -0.2) is 9.97 Å². The van der Waals surface area contributed by atoms with E-state index in [1.807, 2.05) is 0 Å². The molecule has 0 spiro atoms. The van der Waals surface area contributed by atoms with Gasteiger partial charge in [0.2, 0.25) is 0 Å². The Balaban J connectivity index is 1.74. The molecule has 1 aliphatic heterocycles. The molecule has 1 aliphatic rings. The number of nitrogen functional groups attached to an aromatic ring is 1. The van der Waals surface area contributed by atoms with Crippen LogP contribution in [0.4, 0.5) is 24.8 Å². The molecule has 10 heteroatoms. The van der Waals surface area contributed by atoms with E-state index in [1.54, 1.807) is 6.20 Å². The van der Waals surface area contributed by atoms with Gasteiger partial charge in [0, 0.05) is 24.2 Å². The molecule has 2 aromatic rings. The van der Waals surface area contributed by atoms with Gasteiger partial charge in [-0.1, -0.05) is 25.6 Å². The van der Waals surface area contributed by atoms with E-state index >= 15 is 0 Å². The first-order chi connectivity index (χ1) is 13.6. The van der Waals surface area contributed by atoms with E-state index in [9.17, 15) is 13.2 Å². The summed E-state index contributed by atoms with van der Waals surface area (Å²) in [6.45, 7) is 6.70. The van der Waals surface area contributed by atoms with Gasteiger partial charge in [0.25, 0.3) is 0 Å². The second kappa shape index (κ2) is 8.35. The van der Waals surface area contributed by atoms with Crippen molar-refractivity contribution in [3.8, 4) is 0 Å². The van der Waals surface area contributed by atoms with Gasteiger partial charge < -0.3 is 16.4 Å². The van der Waals surface area contributed by atoms with Crippen LogP contribution in [0.2, 0.25) is 0 Å². The molecule has 4 N–H and O–H groups in total. The van der Waals surface area contributed by atoms with Gasteiger partial charge in [0.15, 0.2) is 11.5 Å². The van der Waals surface area contributed by atoms with E-state index in [0.717, 1.165) is 43.9 Å². The van der Waals surface area contributed by atoms with Crippen LogP contribution in [-0.4, -0.2) is 34.6 Å². The van der Waals surface area contributed by atoms with Crippen molar-refractivity contribution in [1.29, 1.82) is 0 Å². The van der Waals surface area contributed by atoms with Crippen molar-refractivity contribution < 1.29 is 13.2 Å². The SMILES string of the molecule is C[C@@H](CN)C1(C)CCN(c2cnc(Sc3cccnc3C(F)(F)F)c(N)n2)CC1. The number of halogens is 3. The number of anilines is 2. The van der Waals surface area contributed by atoms with Crippen LogP contribution in [-0.2, 0) is 6.18 Å². The summed E-state index contributed by atoms with van der Waals surface area (Å²) in [4.78, 5) is 14.2. The molecule has 6 nitrogen and oxygen atoms in total. The van der Waals surface area contributed by atoms with Crippen LogP contribution in [0, 0.1) is 11.3 Å². The Hall–Kier alpha value is -2.07. The highest BCUT2D eigenvalue weighted by molar-refractivity contribution is 7.99. The molecule has 158 valence electrons. The maximum Gasteiger partial charge on any atom is 0.434 e. The summed E-state index contributed by atoms with van der Waals surface area (Å²) in [5, 5.41) is 0.228. The monoisotopic (exact) mass is 426 g/mol. The lowest BCUT2D eigenvalue weighted by atomic mass is 9.71. The number of pyridine rings is 1. The molecule has 2 aromatic heterocycles. The fourth-order valence-corrected chi connectivity index (χ4v) is 4.30. The number of alkyl halides is 3. The lowest BCUT2D eigenvalue weighted by Gasteiger charge is -2.43. The van der Waals surface area contributed by atoms with E-state index in [0.29, 0.717) is 18.3 Å². The highest BCUT2D eigenvalue weighted by Crippen LogP contribution is 2.40. The lowest BCUT2D eigenvalue weighted by molar-refractivity contribution is -0.143. The summed E-state index contributed by atoms with van der Waals surface area (Å²) in [7, 11) is 0. The first kappa shape index (κ1) is 21.6. The van der Waals surface area contributed by atoms with E-state index in [2.05, 4.69) is 33.7 Å². The van der Waals surface area contributed by atoms with E-state index in [1.165, 1.54) is 12.1 Å². The summed E-state index contributed by atoms with van der Waals surface area (Å²) in [6, 6.07) is 2.79. The van der Waals surface area contributed by atoms with Crippen LogP contribution in [0.1, 0.15) is 32.4 Å². The van der Waals surface area contributed by atoms with Crippen molar-refractivity contribution in [2.75, 3.05) is 30.3 Å². The predicted molar refractivity (Wildman–Crippen MR) is 108 cm³/mol. The molecule has 1 atom stereocenters. The highest BCUT2D eigenvalue weighted by atomic mass is 32.2. The maximum absolute atomic E-state index is 13.1. The van der Waals surface area contributed by atoms with Crippen molar-refractivity contribution in [3.05, 3.63) is 30.2 Å². The third-order valence-corrected chi connectivity index (χ3v) is 6.83. The summed E-state index contributed by atoms with van der Waals surface area (Å²) in [5.41, 5.74) is 11.1. The summed E-state index contributed by atoms with van der Waals surface area (Å²) < 4.78 is 39.4. The Labute approximate surface area is 172 Å². The first-order valence-corrected chi connectivity index (χ1v) is 10.2. The van der Waals surface area contributed by atoms with E-state index in [4.69, 9.17) is 11.5 Å². The number of hydrogen-bond acceptors (Lipinski definition) is 7. The number of nitrogens with two attached hydrogens (primary N) is 2. The standard InChI is InChI=1S/C19H25F3N6S/c1-12(10-23)18(2)5-8-28(9-6-18)14-11-26-17(16(24)27-14)29-13-4-3-7-25-15(13)19(20,21)22/h3-4,7,11-12H,5-6,8-10,23H2,1-2H3,(H2,24,27)/t12-/m0/s1. The second-order valence-electron chi connectivity index (χ2n) is 7.65. The molecule has 0 unspecified atom stereocenters. The zero-order valence-corrected chi connectivity index (χ0v) is 17.2. The van der Waals surface area contributed by atoms with Crippen LogP contribution in [0.25, 0.3) is 0 Å². The third kappa shape index (κ3) is 4.75. The average Bonchev–Trinajstić information content (AvgIpc) is 2.69. The molecule has 0 aromatic carbocycles. The summed E-state index contributed by atoms with van der Waals surface area (Å²) in [5.74, 6) is 1.17. The number of hydrogen-bond donors (Lipinski definition) is 2. The quantitative estimate of drug-likeness (QED) is 0.750. The van der Waals surface area contributed by atoms with Gasteiger partial charge in [-0.3, -0.25) is 4.98 Å². The molecule has 0 amide bonds. The van der Waals surface area contributed by atoms with E-state index in [-0.39, 0.29) is 21.2 Å². The van der Waals surface area contributed by atoms with Gasteiger partial charge in [-0.15, -0.1) is 0 Å². The molecule has 3 rings (SSSR count). The second-order valence-corrected chi connectivity index (χ2v) is 8.68. The van der Waals surface area contributed by atoms with Crippen LogP contribution in [0.15, 0.2) is 34.4 Å². The zero-order valence-electron chi connectivity index (χ0n) is 16.4. The van der Waals surface area contributed by atoms with Gasteiger partial charge in [0.05, 0.1) is 6.20 Å². The molecule has 0 aliphatic carbocycles. The fourth-order valence-electron chi connectivity index (χ4n) is 3.43. The van der Waals surface area contributed by atoms with Gasteiger partial charge >= 0.3 is 6.18 Å².